The van der Waals surface area contributed by atoms with Crippen molar-refractivity contribution in [1.82, 2.24) is 25.0 Å². The van der Waals surface area contributed by atoms with Crippen molar-refractivity contribution >= 4 is 5.91 Å². The van der Waals surface area contributed by atoms with Crippen LogP contribution in [0.5, 0.6) is 0 Å². The molecule has 4 heterocycles. The van der Waals surface area contributed by atoms with Gasteiger partial charge in [-0.2, -0.15) is 5.10 Å². The van der Waals surface area contributed by atoms with E-state index in [1.807, 2.05) is 31.0 Å². The van der Waals surface area contributed by atoms with E-state index in [0.717, 1.165) is 32.5 Å². The summed E-state index contributed by atoms with van der Waals surface area (Å²) >= 11 is 0. The third kappa shape index (κ3) is 4.05. The Labute approximate surface area is 170 Å². The molecule has 2 fully saturated rings. The predicted octanol–water partition coefficient (Wildman–Crippen LogP) is 1.12. The van der Waals surface area contributed by atoms with E-state index in [1.54, 1.807) is 18.3 Å². The molecule has 2 aliphatic rings. The third-order valence-electron chi connectivity index (χ3n) is 6.30. The Morgan fingerprint density at radius 1 is 1.34 bits per heavy atom. The number of likely N-dealkylation sites (tertiary alicyclic amines) is 1. The maximum absolute atomic E-state index is 12.7. The molecule has 1 amide bonds. The Morgan fingerprint density at radius 3 is 2.79 bits per heavy atom. The molecular weight excluding hydrogens is 370 g/mol. The van der Waals surface area contributed by atoms with E-state index < -0.39 is 17.2 Å². The number of carbonyl (C=O) groups excluding carboxylic acids is 1. The van der Waals surface area contributed by atoms with Gasteiger partial charge in [0.2, 0.25) is 0 Å². The van der Waals surface area contributed by atoms with Gasteiger partial charge < -0.3 is 15.2 Å². The largest absolute Gasteiger partial charge is 0.388 e. The second-order valence-corrected chi connectivity index (χ2v) is 8.48. The number of hydrogen-bond donors (Lipinski definition) is 2. The van der Waals surface area contributed by atoms with E-state index in [1.165, 1.54) is 11.8 Å². The topological polar surface area (TPSA) is 92.5 Å². The number of carbonyl (C=O) groups is 1. The third-order valence-corrected chi connectivity index (χ3v) is 6.30. The van der Waals surface area contributed by atoms with Gasteiger partial charge in [0.05, 0.1) is 22.9 Å². The van der Waals surface area contributed by atoms with Crippen LogP contribution in [0.15, 0.2) is 36.9 Å². The first-order valence-electron chi connectivity index (χ1n) is 10.1. The molecule has 0 unspecified atom stereocenters. The molecule has 2 aliphatic heterocycles. The highest BCUT2D eigenvalue weighted by Crippen LogP contribution is 2.40. The van der Waals surface area contributed by atoms with E-state index in [2.05, 4.69) is 20.3 Å². The fourth-order valence-corrected chi connectivity index (χ4v) is 4.54. The van der Waals surface area contributed by atoms with Crippen LogP contribution in [0, 0.1) is 0 Å². The fraction of sp³-hybridized carbons (Fsp3) is 0.571. The molecule has 1 spiro atoms. The molecule has 156 valence electrons. The summed E-state index contributed by atoms with van der Waals surface area (Å²) in [4.78, 5) is 19.0. The molecular formula is C21H29N5O3. The van der Waals surface area contributed by atoms with Crippen LogP contribution in [0.4, 0.5) is 0 Å². The van der Waals surface area contributed by atoms with Crippen molar-refractivity contribution < 1.29 is 14.6 Å². The number of rotatable bonds is 4. The quantitative estimate of drug-likeness (QED) is 0.801. The number of nitrogens with zero attached hydrogens (tertiary/aromatic N) is 4. The van der Waals surface area contributed by atoms with Gasteiger partial charge in [-0.3, -0.25) is 19.4 Å². The summed E-state index contributed by atoms with van der Waals surface area (Å²) in [6, 6.07) is 3.46. The van der Waals surface area contributed by atoms with Crippen molar-refractivity contribution in [3.05, 3.63) is 48.0 Å². The first kappa shape index (κ1) is 20.0. The van der Waals surface area contributed by atoms with Gasteiger partial charge >= 0.3 is 0 Å². The Bertz CT molecular complexity index is 847. The lowest BCUT2D eigenvalue weighted by atomic mass is 9.73. The number of hydrogen-bond acceptors (Lipinski definition) is 6. The van der Waals surface area contributed by atoms with Gasteiger partial charge in [-0.25, -0.2) is 0 Å². The minimum atomic E-state index is -0.773. The summed E-state index contributed by atoms with van der Waals surface area (Å²) in [7, 11) is 1.92. The smallest absolute Gasteiger partial charge is 0.253 e. The van der Waals surface area contributed by atoms with Crippen LogP contribution in [-0.4, -0.2) is 67.6 Å². The zero-order chi connectivity index (χ0) is 20.5. The Kier molecular flexibility index (Phi) is 5.42. The van der Waals surface area contributed by atoms with E-state index >= 15 is 0 Å². The minimum Gasteiger partial charge on any atom is -0.388 e. The number of amides is 1. The maximum Gasteiger partial charge on any atom is 0.253 e. The summed E-state index contributed by atoms with van der Waals surface area (Å²) in [6.45, 7) is 4.94. The van der Waals surface area contributed by atoms with Gasteiger partial charge in [-0.05, 0) is 38.3 Å². The zero-order valence-corrected chi connectivity index (χ0v) is 17.0. The van der Waals surface area contributed by atoms with Gasteiger partial charge in [-0.15, -0.1) is 0 Å². The number of aliphatic hydroxyl groups excluding tert-OH is 1. The van der Waals surface area contributed by atoms with Gasteiger partial charge in [-0.1, -0.05) is 0 Å². The van der Waals surface area contributed by atoms with E-state index in [0.29, 0.717) is 18.6 Å². The van der Waals surface area contributed by atoms with Crippen LogP contribution in [-0.2, 0) is 18.3 Å². The molecule has 0 aromatic carbocycles. The van der Waals surface area contributed by atoms with Gasteiger partial charge in [0, 0.05) is 57.4 Å². The first-order valence-corrected chi connectivity index (χ1v) is 10.1. The van der Waals surface area contributed by atoms with Crippen LogP contribution >= 0.6 is 0 Å². The Balaban J connectivity index is 1.41. The minimum absolute atomic E-state index is 0.217. The fourth-order valence-electron chi connectivity index (χ4n) is 4.54. The van der Waals surface area contributed by atoms with Gasteiger partial charge in [0.1, 0.15) is 6.10 Å². The number of ether oxygens (including phenoxy) is 1. The van der Waals surface area contributed by atoms with Crippen LogP contribution in [0.25, 0.3) is 0 Å². The van der Waals surface area contributed by atoms with Crippen LogP contribution < -0.4 is 5.32 Å². The summed E-state index contributed by atoms with van der Waals surface area (Å²) in [6.07, 6.45) is 8.35. The van der Waals surface area contributed by atoms with Crippen molar-refractivity contribution in [3.8, 4) is 0 Å². The predicted molar refractivity (Wildman–Crippen MR) is 107 cm³/mol. The van der Waals surface area contributed by atoms with E-state index in [9.17, 15) is 9.90 Å². The van der Waals surface area contributed by atoms with Crippen molar-refractivity contribution in [3.63, 3.8) is 0 Å². The number of piperidine rings is 1. The van der Waals surface area contributed by atoms with Crippen molar-refractivity contribution in [2.45, 2.75) is 50.0 Å². The summed E-state index contributed by atoms with van der Waals surface area (Å²) in [5.74, 6) is -0.217. The number of nitrogens with one attached hydrogen (secondary N) is 1. The molecule has 2 saturated heterocycles. The second kappa shape index (κ2) is 7.85. The highest BCUT2D eigenvalue weighted by atomic mass is 16.5. The van der Waals surface area contributed by atoms with E-state index in [4.69, 9.17) is 4.74 Å². The van der Waals surface area contributed by atoms with Crippen molar-refractivity contribution in [2.75, 3.05) is 19.7 Å². The molecule has 8 heteroatoms. The normalized spacial score (nSPS) is 27.1. The van der Waals surface area contributed by atoms with Crippen molar-refractivity contribution in [2.24, 2.45) is 7.05 Å². The van der Waals surface area contributed by atoms with E-state index in [-0.39, 0.29) is 5.91 Å². The Morgan fingerprint density at radius 2 is 2.14 bits per heavy atom. The van der Waals surface area contributed by atoms with Crippen LogP contribution in [0.3, 0.4) is 0 Å². The average molecular weight is 399 g/mol. The van der Waals surface area contributed by atoms with Crippen LogP contribution in [0.2, 0.25) is 0 Å². The molecule has 2 N–H and O–H groups in total. The number of aromatic nitrogens is 3. The SMILES string of the molecule is Cn1cc(CN2CCC3(CC2)OCC[C@](C)(NC(=O)c2cccnc2)[C@H]3O)cn1. The molecule has 2 aromatic rings. The lowest BCUT2D eigenvalue weighted by Crippen LogP contribution is -2.69. The van der Waals surface area contributed by atoms with Crippen LogP contribution in [0.1, 0.15) is 42.1 Å². The highest BCUT2D eigenvalue weighted by molar-refractivity contribution is 5.94. The highest BCUT2D eigenvalue weighted by Gasteiger charge is 2.53. The lowest BCUT2D eigenvalue weighted by Gasteiger charge is -2.53. The zero-order valence-electron chi connectivity index (χ0n) is 17.0. The van der Waals surface area contributed by atoms with Crippen molar-refractivity contribution in [1.29, 1.82) is 0 Å². The summed E-state index contributed by atoms with van der Waals surface area (Å²) in [5.41, 5.74) is 0.312. The van der Waals surface area contributed by atoms with Gasteiger partial charge in [0.15, 0.2) is 0 Å². The number of aliphatic hydroxyl groups is 1. The number of pyridine rings is 1. The number of aryl methyl sites for hydroxylation is 1. The first-order chi connectivity index (χ1) is 13.9. The second-order valence-electron chi connectivity index (χ2n) is 8.48. The summed E-state index contributed by atoms with van der Waals surface area (Å²) < 4.78 is 7.96. The Hall–Kier alpha value is -2.29. The summed E-state index contributed by atoms with van der Waals surface area (Å²) in [5, 5.41) is 18.6. The molecule has 29 heavy (non-hydrogen) atoms. The molecule has 4 rings (SSSR count). The molecule has 0 radical (unpaired) electrons. The lowest BCUT2D eigenvalue weighted by molar-refractivity contribution is -0.205. The van der Waals surface area contributed by atoms with Gasteiger partial charge in [0.25, 0.3) is 5.91 Å². The monoisotopic (exact) mass is 399 g/mol. The molecule has 0 saturated carbocycles. The standard InChI is InChI=1S/C21H29N5O3/c1-20(24-18(27)17-4-3-8-22-13-17)7-11-29-21(19(20)28)5-9-26(10-6-21)15-16-12-23-25(2)14-16/h3-4,8,12-14,19,28H,5-7,9-11,15H2,1-2H3,(H,24,27)/t19-,20+/m1/s1. The molecule has 8 nitrogen and oxygen atoms in total. The molecule has 0 aliphatic carbocycles. The molecule has 0 bridgehead atoms. The maximum atomic E-state index is 12.7. The molecule has 2 aromatic heterocycles. The molecule has 2 atom stereocenters. The average Bonchev–Trinajstić information content (AvgIpc) is 3.13.